The number of carboxylic acids is 1. The van der Waals surface area contributed by atoms with E-state index in [0.717, 1.165) is 5.01 Å². The Bertz CT molecular complexity index is 519. The van der Waals surface area contributed by atoms with E-state index in [1.807, 2.05) is 0 Å². The highest BCUT2D eigenvalue weighted by atomic mass is 32.1. The molecule has 0 rings (SSSR count). The third-order valence-electron chi connectivity index (χ3n) is 3.24. The van der Waals surface area contributed by atoms with Crippen molar-refractivity contribution in [1.82, 2.24) is 21.1 Å². The number of nitrogens with zero attached hydrogens (tertiary/aromatic N) is 1. The topological polar surface area (TPSA) is 203 Å². The molecule has 0 heterocycles. The summed E-state index contributed by atoms with van der Waals surface area (Å²) in [7, 11) is 1.38. The summed E-state index contributed by atoms with van der Waals surface area (Å²) < 4.78 is 0. The minimum Gasteiger partial charge on any atom is -0.480 e. The molecule has 0 aromatic rings. The van der Waals surface area contributed by atoms with Gasteiger partial charge in [0.2, 0.25) is 5.91 Å². The molecule has 0 aliphatic heterocycles. The Hall–Kier alpha value is -2.06. The van der Waals surface area contributed by atoms with Gasteiger partial charge in [-0.2, -0.15) is 0 Å². The van der Waals surface area contributed by atoms with Crippen molar-refractivity contribution in [3.8, 4) is 0 Å². The molecule has 26 heavy (non-hydrogen) atoms. The Morgan fingerprint density at radius 1 is 1.27 bits per heavy atom. The predicted molar refractivity (Wildman–Crippen MR) is 95.4 cm³/mol. The number of carbonyl (C=O) groups excluding carboxylic acids is 2. The third-order valence-corrected chi connectivity index (χ3v) is 3.47. The zero-order valence-electron chi connectivity index (χ0n) is 14.5. The summed E-state index contributed by atoms with van der Waals surface area (Å²) in [5.74, 6) is -2.54. The highest BCUT2D eigenvalue weighted by molar-refractivity contribution is 7.80. The van der Waals surface area contributed by atoms with E-state index in [0.29, 0.717) is 0 Å². The van der Waals surface area contributed by atoms with E-state index in [9.17, 15) is 19.5 Å². The smallest absolute Gasteiger partial charge is 0.328 e. The van der Waals surface area contributed by atoms with Gasteiger partial charge in [-0.25, -0.2) is 10.2 Å². The molecule has 0 bridgehead atoms. The molecular weight excluding hydrogens is 368 g/mol. The number of aliphatic carboxylic acids is 1. The maximum absolute atomic E-state index is 11.8. The largest absolute Gasteiger partial charge is 0.480 e. The summed E-state index contributed by atoms with van der Waals surface area (Å²) in [5, 5.41) is 33.3. The summed E-state index contributed by atoms with van der Waals surface area (Å²) in [6, 6.07) is -3.12. The molecule has 150 valence electrons. The molecule has 0 aliphatic carbocycles. The SMILES string of the molecule is CC(O)[C@H](NC(=S)N[C@H](CNN(C)C(=O)[C@@H](N)CO)CC(N)=O)C(=O)O. The maximum atomic E-state index is 11.8. The first kappa shape index (κ1) is 23.9. The number of thiocarbonyl (C=S) groups is 1. The molecule has 12 nitrogen and oxygen atoms in total. The number of carbonyl (C=O) groups is 3. The normalized spacial score (nSPS) is 15.3. The van der Waals surface area contributed by atoms with Gasteiger partial charge in [-0.1, -0.05) is 0 Å². The van der Waals surface area contributed by atoms with Gasteiger partial charge in [0.1, 0.15) is 6.04 Å². The molecule has 10 N–H and O–H groups in total. The first-order chi connectivity index (χ1) is 12.0. The van der Waals surface area contributed by atoms with Crippen LogP contribution in [0.3, 0.4) is 0 Å². The number of aliphatic hydroxyl groups is 2. The summed E-state index contributed by atoms with van der Waals surface area (Å²) in [5.41, 5.74) is 13.3. The molecule has 0 saturated heterocycles. The van der Waals surface area contributed by atoms with Crippen molar-refractivity contribution >= 4 is 35.1 Å². The quantitative estimate of drug-likeness (QED) is 0.125. The molecule has 2 amide bonds. The standard InChI is InChI=1S/C13H26N6O6S/c1-6(21)10(12(24)25)18-13(26)17-7(3-9(15)22)4-16-19(2)11(23)8(14)5-20/h6-8,10,16,20-21H,3-5,14H2,1-2H3,(H2,15,22)(H,24,25)(H2,17,18,26)/t6?,7-,8-,10-/m0/s1. The zero-order valence-corrected chi connectivity index (χ0v) is 15.3. The lowest BCUT2D eigenvalue weighted by atomic mass is 10.2. The van der Waals surface area contributed by atoms with E-state index in [1.54, 1.807) is 0 Å². The summed E-state index contributed by atoms with van der Waals surface area (Å²) in [4.78, 5) is 34.0. The van der Waals surface area contributed by atoms with Crippen LogP contribution < -0.4 is 27.5 Å². The minimum absolute atomic E-state index is 0.0115. The number of likely N-dealkylation sites (N-methyl/N-ethyl adjacent to an activating group) is 1. The monoisotopic (exact) mass is 394 g/mol. The van der Waals surface area contributed by atoms with Gasteiger partial charge in [0.05, 0.1) is 18.8 Å². The molecule has 13 heteroatoms. The van der Waals surface area contributed by atoms with Gasteiger partial charge >= 0.3 is 5.97 Å². The van der Waals surface area contributed by atoms with Gasteiger partial charge in [-0.15, -0.1) is 0 Å². The van der Waals surface area contributed by atoms with E-state index in [2.05, 4.69) is 16.1 Å². The third kappa shape index (κ3) is 8.87. The lowest BCUT2D eigenvalue weighted by molar-refractivity contribution is -0.141. The summed E-state index contributed by atoms with van der Waals surface area (Å²) in [6.07, 6.45) is -1.39. The van der Waals surface area contributed by atoms with Gasteiger partial charge in [-0.05, 0) is 19.1 Å². The summed E-state index contributed by atoms with van der Waals surface area (Å²) in [6.45, 7) is 0.761. The first-order valence-corrected chi connectivity index (χ1v) is 8.04. The lowest BCUT2D eigenvalue weighted by Gasteiger charge is -2.27. The van der Waals surface area contributed by atoms with Crippen molar-refractivity contribution in [3.05, 3.63) is 0 Å². The Labute approximate surface area is 155 Å². The second-order valence-corrected chi connectivity index (χ2v) is 6.00. The number of aliphatic hydroxyl groups excluding tert-OH is 2. The molecule has 0 fully saturated rings. The van der Waals surface area contributed by atoms with E-state index in [-0.39, 0.29) is 18.1 Å². The average molecular weight is 394 g/mol. The molecular formula is C13H26N6O6S. The number of carboxylic acid groups (broad SMARTS) is 1. The average Bonchev–Trinajstić information content (AvgIpc) is 2.54. The van der Waals surface area contributed by atoms with Crippen LogP contribution in [0.15, 0.2) is 0 Å². The van der Waals surface area contributed by atoms with Crippen LogP contribution in [0.2, 0.25) is 0 Å². The van der Waals surface area contributed by atoms with E-state index in [1.165, 1.54) is 14.0 Å². The number of hydrogen-bond donors (Lipinski definition) is 8. The number of nitrogens with two attached hydrogens (primary N) is 2. The Kier molecular flexibility index (Phi) is 10.6. The number of nitrogens with one attached hydrogen (secondary N) is 3. The predicted octanol–water partition coefficient (Wildman–Crippen LogP) is -4.19. The second-order valence-electron chi connectivity index (χ2n) is 5.59. The van der Waals surface area contributed by atoms with Crippen LogP contribution in [-0.2, 0) is 14.4 Å². The first-order valence-electron chi connectivity index (χ1n) is 7.63. The van der Waals surface area contributed by atoms with Gasteiger partial charge in [0.15, 0.2) is 11.2 Å². The summed E-state index contributed by atoms with van der Waals surface area (Å²) >= 11 is 4.98. The number of rotatable bonds is 11. The van der Waals surface area contributed by atoms with Crippen LogP contribution in [0.5, 0.6) is 0 Å². The van der Waals surface area contributed by atoms with Gasteiger partial charge < -0.3 is 37.4 Å². The van der Waals surface area contributed by atoms with Crippen molar-refractivity contribution in [2.75, 3.05) is 20.2 Å². The van der Waals surface area contributed by atoms with E-state index in [4.69, 9.17) is 33.9 Å². The Balaban J connectivity index is 4.79. The molecule has 0 aromatic heterocycles. The van der Waals surface area contributed by atoms with E-state index < -0.39 is 48.6 Å². The van der Waals surface area contributed by atoms with Crippen LogP contribution in [0.1, 0.15) is 13.3 Å². The van der Waals surface area contributed by atoms with Crippen LogP contribution in [0.4, 0.5) is 0 Å². The van der Waals surface area contributed by atoms with Crippen molar-refractivity contribution in [1.29, 1.82) is 0 Å². The lowest BCUT2D eigenvalue weighted by Crippen LogP contribution is -2.57. The van der Waals surface area contributed by atoms with Gasteiger partial charge in [-0.3, -0.25) is 14.6 Å². The fourth-order valence-corrected chi connectivity index (χ4v) is 2.12. The van der Waals surface area contributed by atoms with Crippen molar-refractivity contribution < 1.29 is 29.7 Å². The van der Waals surface area contributed by atoms with Crippen molar-refractivity contribution in [2.45, 2.75) is 37.6 Å². The minimum atomic E-state index is -1.34. The maximum Gasteiger partial charge on any atom is 0.328 e. The molecule has 0 spiro atoms. The highest BCUT2D eigenvalue weighted by Crippen LogP contribution is 1.96. The fraction of sp³-hybridized carbons (Fsp3) is 0.692. The number of hydrogen-bond acceptors (Lipinski definition) is 8. The van der Waals surface area contributed by atoms with Crippen LogP contribution in [0.25, 0.3) is 0 Å². The van der Waals surface area contributed by atoms with Crippen LogP contribution in [0, 0.1) is 0 Å². The van der Waals surface area contributed by atoms with Gasteiger partial charge in [0, 0.05) is 20.0 Å². The Morgan fingerprint density at radius 3 is 2.27 bits per heavy atom. The second kappa shape index (κ2) is 11.5. The number of primary amides is 1. The van der Waals surface area contributed by atoms with Crippen LogP contribution in [-0.4, -0.2) is 87.7 Å². The molecule has 4 atom stereocenters. The fourth-order valence-electron chi connectivity index (χ4n) is 1.83. The number of hydrazine groups is 1. The van der Waals surface area contributed by atoms with E-state index >= 15 is 0 Å². The number of amides is 2. The Morgan fingerprint density at radius 2 is 1.85 bits per heavy atom. The highest BCUT2D eigenvalue weighted by Gasteiger charge is 2.25. The molecule has 1 unspecified atom stereocenters. The zero-order chi connectivity index (χ0) is 20.4. The molecule has 0 saturated carbocycles. The molecule has 0 aromatic carbocycles. The van der Waals surface area contributed by atoms with Crippen molar-refractivity contribution in [2.24, 2.45) is 11.5 Å². The van der Waals surface area contributed by atoms with Crippen molar-refractivity contribution in [3.63, 3.8) is 0 Å². The molecule has 0 radical (unpaired) electrons. The van der Waals surface area contributed by atoms with Gasteiger partial charge in [0.25, 0.3) is 5.91 Å². The van der Waals surface area contributed by atoms with Crippen LogP contribution >= 0.6 is 12.2 Å². The molecule has 0 aliphatic rings.